The molecule has 122 valence electrons. The fourth-order valence-electron chi connectivity index (χ4n) is 1.71. The third-order valence-electron chi connectivity index (χ3n) is 2.87. The van der Waals surface area contributed by atoms with Crippen LogP contribution in [0.15, 0.2) is 18.3 Å². The van der Waals surface area contributed by atoms with Crippen LogP contribution in [-0.2, 0) is 4.74 Å². The highest BCUT2D eigenvalue weighted by molar-refractivity contribution is 5.93. The summed E-state index contributed by atoms with van der Waals surface area (Å²) in [6, 6.07) is 3.51. The Morgan fingerprint density at radius 1 is 1.32 bits per heavy atom. The second-order valence-corrected chi connectivity index (χ2v) is 6.00. The number of likely N-dealkylation sites (N-methyl/N-ethyl adjacent to an activating group) is 1. The second kappa shape index (κ2) is 7.77. The van der Waals surface area contributed by atoms with E-state index in [0.717, 1.165) is 5.69 Å². The highest BCUT2D eigenvalue weighted by Gasteiger charge is 2.20. The van der Waals surface area contributed by atoms with Gasteiger partial charge in [-0.3, -0.25) is 9.78 Å². The Kier molecular flexibility index (Phi) is 6.34. The van der Waals surface area contributed by atoms with Crippen molar-refractivity contribution in [2.24, 2.45) is 0 Å². The van der Waals surface area contributed by atoms with Crippen LogP contribution >= 0.6 is 0 Å². The largest absolute Gasteiger partial charge is 0.444 e. The van der Waals surface area contributed by atoms with Crippen molar-refractivity contribution in [3.63, 3.8) is 0 Å². The fourth-order valence-corrected chi connectivity index (χ4v) is 1.71. The molecule has 1 heterocycles. The number of aromatic nitrogens is 1. The number of nitrogens with zero attached hydrogens (tertiary/aromatic N) is 2. The molecule has 2 amide bonds. The van der Waals surface area contributed by atoms with Gasteiger partial charge in [-0.05, 0) is 46.8 Å². The zero-order valence-corrected chi connectivity index (χ0v) is 14.0. The predicted octanol–water partition coefficient (Wildman–Crippen LogP) is 2.38. The molecular weight excluding hydrogens is 282 g/mol. The summed E-state index contributed by atoms with van der Waals surface area (Å²) in [5.41, 5.74) is 0.839. The van der Waals surface area contributed by atoms with E-state index in [9.17, 15) is 9.59 Å². The molecule has 1 aromatic rings. The van der Waals surface area contributed by atoms with Gasteiger partial charge in [0.25, 0.3) is 5.91 Å². The Hall–Kier alpha value is -2.11. The van der Waals surface area contributed by atoms with E-state index in [1.807, 2.05) is 34.6 Å². The molecular formula is C16H25N3O3. The monoisotopic (exact) mass is 307 g/mol. The summed E-state index contributed by atoms with van der Waals surface area (Å²) in [6.45, 7) is 10.5. The van der Waals surface area contributed by atoms with Crippen LogP contribution in [0.1, 0.15) is 43.7 Å². The van der Waals surface area contributed by atoms with E-state index in [1.165, 1.54) is 6.20 Å². The molecule has 1 rings (SSSR count). The van der Waals surface area contributed by atoms with E-state index in [0.29, 0.717) is 25.2 Å². The van der Waals surface area contributed by atoms with E-state index in [4.69, 9.17) is 4.74 Å². The molecule has 0 aliphatic heterocycles. The van der Waals surface area contributed by atoms with Gasteiger partial charge in [0.05, 0.1) is 5.56 Å². The smallest absolute Gasteiger partial charge is 0.410 e. The highest BCUT2D eigenvalue weighted by atomic mass is 16.6. The number of hydrogen-bond acceptors (Lipinski definition) is 4. The van der Waals surface area contributed by atoms with Crippen LogP contribution < -0.4 is 5.32 Å². The summed E-state index contributed by atoms with van der Waals surface area (Å²) in [5.74, 6) is -0.201. The molecule has 0 fully saturated rings. The Labute approximate surface area is 131 Å². The standard InChI is InChI=1S/C16H25N3O3/c1-6-19(15(21)22-16(3,4)5)10-9-17-14(20)13-8-7-12(2)18-11-13/h7-8,11H,6,9-10H2,1-5H3,(H,17,20). The summed E-state index contributed by atoms with van der Waals surface area (Å²) in [7, 11) is 0. The van der Waals surface area contributed by atoms with Crippen molar-refractivity contribution in [2.75, 3.05) is 19.6 Å². The van der Waals surface area contributed by atoms with Gasteiger partial charge >= 0.3 is 6.09 Å². The number of carbonyl (C=O) groups is 2. The molecule has 0 aliphatic carbocycles. The van der Waals surface area contributed by atoms with Gasteiger partial charge in [0.2, 0.25) is 0 Å². The first kappa shape index (κ1) is 17.9. The number of nitrogens with one attached hydrogen (secondary N) is 1. The number of pyridine rings is 1. The SMILES string of the molecule is CCN(CCNC(=O)c1ccc(C)nc1)C(=O)OC(C)(C)C. The van der Waals surface area contributed by atoms with Gasteiger partial charge < -0.3 is 15.0 Å². The zero-order chi connectivity index (χ0) is 16.8. The first-order chi connectivity index (χ1) is 10.2. The van der Waals surface area contributed by atoms with Crippen LogP contribution in [-0.4, -0.2) is 47.1 Å². The minimum atomic E-state index is -0.526. The number of carbonyl (C=O) groups excluding carboxylic acids is 2. The van der Waals surface area contributed by atoms with Crippen molar-refractivity contribution in [3.8, 4) is 0 Å². The minimum absolute atomic E-state index is 0.201. The first-order valence-electron chi connectivity index (χ1n) is 7.41. The van der Waals surface area contributed by atoms with Crippen LogP contribution in [0.2, 0.25) is 0 Å². The van der Waals surface area contributed by atoms with Crippen LogP contribution in [0.3, 0.4) is 0 Å². The van der Waals surface area contributed by atoms with Crippen molar-refractivity contribution < 1.29 is 14.3 Å². The zero-order valence-electron chi connectivity index (χ0n) is 14.0. The Morgan fingerprint density at radius 3 is 2.50 bits per heavy atom. The van der Waals surface area contributed by atoms with Crippen LogP contribution in [0.4, 0.5) is 4.79 Å². The van der Waals surface area contributed by atoms with Gasteiger partial charge in [0, 0.05) is 31.5 Å². The minimum Gasteiger partial charge on any atom is -0.444 e. The van der Waals surface area contributed by atoms with Gasteiger partial charge in [-0.25, -0.2) is 4.79 Å². The molecule has 0 spiro atoms. The molecule has 0 radical (unpaired) electrons. The van der Waals surface area contributed by atoms with Crippen molar-refractivity contribution >= 4 is 12.0 Å². The number of ether oxygens (including phenoxy) is 1. The predicted molar refractivity (Wildman–Crippen MR) is 84.8 cm³/mol. The molecule has 6 nitrogen and oxygen atoms in total. The Balaban J connectivity index is 2.45. The molecule has 6 heteroatoms. The third kappa shape index (κ3) is 6.11. The number of aryl methyl sites for hydroxylation is 1. The van der Waals surface area contributed by atoms with Gasteiger partial charge in [-0.2, -0.15) is 0 Å². The molecule has 22 heavy (non-hydrogen) atoms. The third-order valence-corrected chi connectivity index (χ3v) is 2.87. The average Bonchev–Trinajstić information content (AvgIpc) is 2.42. The molecule has 0 atom stereocenters. The lowest BCUT2D eigenvalue weighted by Gasteiger charge is -2.26. The lowest BCUT2D eigenvalue weighted by atomic mass is 10.2. The van der Waals surface area contributed by atoms with E-state index >= 15 is 0 Å². The summed E-state index contributed by atoms with van der Waals surface area (Å²) >= 11 is 0. The van der Waals surface area contributed by atoms with Crippen LogP contribution in [0, 0.1) is 6.92 Å². The lowest BCUT2D eigenvalue weighted by molar-refractivity contribution is 0.0261. The molecule has 0 saturated heterocycles. The second-order valence-electron chi connectivity index (χ2n) is 6.00. The van der Waals surface area contributed by atoms with Crippen molar-refractivity contribution in [1.29, 1.82) is 0 Å². The molecule has 0 bridgehead atoms. The van der Waals surface area contributed by atoms with Gasteiger partial charge in [0.1, 0.15) is 5.60 Å². The number of hydrogen-bond donors (Lipinski definition) is 1. The van der Waals surface area contributed by atoms with Gasteiger partial charge in [-0.15, -0.1) is 0 Å². The van der Waals surface area contributed by atoms with E-state index in [-0.39, 0.29) is 12.0 Å². The lowest BCUT2D eigenvalue weighted by Crippen LogP contribution is -2.41. The maximum atomic E-state index is 12.0. The van der Waals surface area contributed by atoms with E-state index in [2.05, 4.69) is 10.3 Å². The van der Waals surface area contributed by atoms with Crippen molar-refractivity contribution in [3.05, 3.63) is 29.6 Å². The first-order valence-corrected chi connectivity index (χ1v) is 7.41. The normalized spacial score (nSPS) is 11.0. The van der Waals surface area contributed by atoms with Crippen molar-refractivity contribution in [1.82, 2.24) is 15.2 Å². The average molecular weight is 307 g/mol. The number of amides is 2. The maximum absolute atomic E-state index is 12.0. The van der Waals surface area contributed by atoms with Crippen LogP contribution in [0.5, 0.6) is 0 Å². The summed E-state index contributed by atoms with van der Waals surface area (Å²) in [5, 5.41) is 2.77. The molecule has 0 aromatic carbocycles. The summed E-state index contributed by atoms with van der Waals surface area (Å²) in [4.78, 5) is 29.5. The Bertz CT molecular complexity index is 506. The topological polar surface area (TPSA) is 71.5 Å². The number of rotatable bonds is 5. The summed E-state index contributed by atoms with van der Waals surface area (Å²) < 4.78 is 5.31. The maximum Gasteiger partial charge on any atom is 0.410 e. The fraction of sp³-hybridized carbons (Fsp3) is 0.562. The molecule has 0 aliphatic rings. The highest BCUT2D eigenvalue weighted by Crippen LogP contribution is 2.09. The van der Waals surface area contributed by atoms with Crippen LogP contribution in [0.25, 0.3) is 0 Å². The molecule has 1 N–H and O–H groups in total. The van der Waals surface area contributed by atoms with E-state index in [1.54, 1.807) is 17.0 Å². The van der Waals surface area contributed by atoms with Crippen molar-refractivity contribution in [2.45, 2.75) is 40.2 Å². The quantitative estimate of drug-likeness (QED) is 0.906. The van der Waals surface area contributed by atoms with E-state index < -0.39 is 5.60 Å². The molecule has 0 unspecified atom stereocenters. The van der Waals surface area contributed by atoms with Gasteiger partial charge in [0.15, 0.2) is 0 Å². The summed E-state index contributed by atoms with van der Waals surface area (Å²) in [6.07, 6.45) is 1.16. The molecule has 1 aromatic heterocycles. The van der Waals surface area contributed by atoms with Gasteiger partial charge in [-0.1, -0.05) is 0 Å². The Morgan fingerprint density at radius 2 is 2.00 bits per heavy atom. The molecule has 0 saturated carbocycles.